The maximum Gasteiger partial charge on any atom is 0.0636 e. The Morgan fingerprint density at radius 2 is 2.29 bits per heavy atom. The van der Waals surface area contributed by atoms with Crippen LogP contribution >= 0.6 is 27.5 Å². The minimum absolute atomic E-state index is 0.332. The molecule has 0 saturated heterocycles. The molecule has 1 rings (SSSR count). The second kappa shape index (κ2) is 5.71. The van der Waals surface area contributed by atoms with Crippen molar-refractivity contribution in [1.29, 1.82) is 0 Å². The molecule has 0 aliphatic rings. The van der Waals surface area contributed by atoms with Crippen molar-refractivity contribution in [2.45, 2.75) is 19.6 Å². The van der Waals surface area contributed by atoms with Gasteiger partial charge in [-0.3, -0.25) is 0 Å². The Labute approximate surface area is 97.4 Å². The molecule has 1 aromatic rings. The van der Waals surface area contributed by atoms with Gasteiger partial charge in [-0.25, -0.2) is 0 Å². The maximum absolute atomic E-state index is 9.05. The summed E-state index contributed by atoms with van der Waals surface area (Å²) in [6, 6.07) is 5.73. The van der Waals surface area contributed by atoms with Gasteiger partial charge < -0.3 is 10.4 Å². The fraction of sp³-hybridized carbons (Fsp3) is 0.400. The molecule has 0 saturated carbocycles. The number of benzene rings is 1. The summed E-state index contributed by atoms with van der Waals surface area (Å²) in [7, 11) is 0. The number of halogens is 2. The lowest BCUT2D eigenvalue weighted by atomic mass is 10.2. The zero-order valence-electron chi connectivity index (χ0n) is 7.93. The van der Waals surface area contributed by atoms with Crippen LogP contribution < -0.4 is 5.32 Å². The van der Waals surface area contributed by atoms with Crippen molar-refractivity contribution >= 4 is 27.5 Å². The second-order valence-corrected chi connectivity index (χ2v) is 4.54. The van der Waals surface area contributed by atoms with Crippen LogP contribution in [0.4, 0.5) is 0 Å². The van der Waals surface area contributed by atoms with Crippen molar-refractivity contribution in [2.24, 2.45) is 0 Å². The Bertz CT molecular complexity index is 304. The summed E-state index contributed by atoms with van der Waals surface area (Å²) in [5.74, 6) is 0. The molecule has 0 spiro atoms. The third kappa shape index (κ3) is 3.96. The molecule has 0 aliphatic carbocycles. The monoisotopic (exact) mass is 277 g/mol. The molecule has 14 heavy (non-hydrogen) atoms. The summed E-state index contributed by atoms with van der Waals surface area (Å²) >= 11 is 9.37. The van der Waals surface area contributed by atoms with E-state index in [0.29, 0.717) is 13.1 Å². The van der Waals surface area contributed by atoms with E-state index in [1.807, 2.05) is 18.2 Å². The van der Waals surface area contributed by atoms with Gasteiger partial charge in [0.05, 0.1) is 6.10 Å². The second-order valence-electron chi connectivity index (χ2n) is 3.22. The Kier molecular flexibility index (Phi) is 4.89. The molecule has 4 heteroatoms. The highest BCUT2D eigenvalue weighted by atomic mass is 79.9. The zero-order valence-corrected chi connectivity index (χ0v) is 10.3. The average Bonchev–Trinajstić information content (AvgIpc) is 2.10. The molecule has 1 aromatic carbocycles. The summed E-state index contributed by atoms with van der Waals surface area (Å²) in [6.45, 7) is 2.99. The van der Waals surface area contributed by atoms with Crippen LogP contribution in [-0.2, 0) is 6.54 Å². The number of aliphatic hydroxyl groups excluding tert-OH is 1. The SMILES string of the molecule is C[C@H](O)CNCc1cc(Br)ccc1Cl. The molecule has 0 radical (unpaired) electrons. The Morgan fingerprint density at radius 3 is 2.93 bits per heavy atom. The molecule has 0 aliphatic heterocycles. The third-order valence-corrected chi connectivity index (χ3v) is 2.62. The fourth-order valence-corrected chi connectivity index (χ4v) is 1.69. The summed E-state index contributed by atoms with van der Waals surface area (Å²) in [5, 5.41) is 12.9. The van der Waals surface area contributed by atoms with Crippen LogP contribution in [0.15, 0.2) is 22.7 Å². The number of nitrogens with one attached hydrogen (secondary N) is 1. The van der Waals surface area contributed by atoms with Crippen LogP contribution in [-0.4, -0.2) is 17.8 Å². The van der Waals surface area contributed by atoms with Crippen molar-refractivity contribution in [3.8, 4) is 0 Å². The largest absolute Gasteiger partial charge is 0.392 e. The van der Waals surface area contributed by atoms with Gasteiger partial charge in [0.15, 0.2) is 0 Å². The normalized spacial score (nSPS) is 12.9. The number of aliphatic hydroxyl groups is 1. The van der Waals surface area contributed by atoms with E-state index in [1.54, 1.807) is 6.92 Å². The molecule has 0 aromatic heterocycles. The standard InChI is InChI=1S/C10H13BrClNO/c1-7(14)5-13-6-8-4-9(11)2-3-10(8)12/h2-4,7,13-14H,5-6H2,1H3/t7-/m0/s1. The van der Waals surface area contributed by atoms with Gasteiger partial charge >= 0.3 is 0 Å². The van der Waals surface area contributed by atoms with Gasteiger partial charge in [-0.05, 0) is 30.7 Å². The van der Waals surface area contributed by atoms with Gasteiger partial charge in [-0.1, -0.05) is 27.5 Å². The van der Waals surface area contributed by atoms with Gasteiger partial charge in [0.25, 0.3) is 0 Å². The van der Waals surface area contributed by atoms with E-state index in [-0.39, 0.29) is 6.10 Å². The van der Waals surface area contributed by atoms with Gasteiger partial charge in [0.2, 0.25) is 0 Å². The molecular formula is C10H13BrClNO. The molecule has 0 amide bonds. The first-order chi connectivity index (χ1) is 6.59. The lowest BCUT2D eigenvalue weighted by Gasteiger charge is -2.08. The predicted molar refractivity (Wildman–Crippen MR) is 62.5 cm³/mol. The molecule has 0 bridgehead atoms. The minimum atomic E-state index is -0.332. The van der Waals surface area contributed by atoms with Gasteiger partial charge in [-0.2, -0.15) is 0 Å². The van der Waals surface area contributed by atoms with E-state index in [4.69, 9.17) is 16.7 Å². The van der Waals surface area contributed by atoms with Crippen LogP contribution in [0.3, 0.4) is 0 Å². The molecule has 0 unspecified atom stereocenters. The third-order valence-electron chi connectivity index (χ3n) is 1.76. The minimum Gasteiger partial charge on any atom is -0.392 e. The Balaban J connectivity index is 2.53. The van der Waals surface area contributed by atoms with E-state index in [9.17, 15) is 0 Å². The lowest BCUT2D eigenvalue weighted by Crippen LogP contribution is -2.23. The molecule has 0 fully saturated rings. The van der Waals surface area contributed by atoms with Crippen molar-refractivity contribution in [2.75, 3.05) is 6.54 Å². The predicted octanol–water partition coefficient (Wildman–Crippen LogP) is 2.57. The van der Waals surface area contributed by atoms with E-state index < -0.39 is 0 Å². The molecule has 2 nitrogen and oxygen atoms in total. The van der Waals surface area contributed by atoms with E-state index in [0.717, 1.165) is 15.1 Å². The van der Waals surface area contributed by atoms with Crippen LogP contribution in [0.25, 0.3) is 0 Å². The number of rotatable bonds is 4. The quantitative estimate of drug-likeness (QED) is 0.887. The topological polar surface area (TPSA) is 32.3 Å². The number of hydrogen-bond acceptors (Lipinski definition) is 2. The maximum atomic E-state index is 9.05. The summed E-state index contributed by atoms with van der Waals surface area (Å²) < 4.78 is 1.01. The van der Waals surface area contributed by atoms with Crippen LogP contribution in [0.1, 0.15) is 12.5 Å². The van der Waals surface area contributed by atoms with E-state index in [1.165, 1.54) is 0 Å². The van der Waals surface area contributed by atoms with Gasteiger partial charge in [-0.15, -0.1) is 0 Å². The molecule has 0 heterocycles. The number of hydrogen-bond donors (Lipinski definition) is 2. The van der Waals surface area contributed by atoms with E-state index >= 15 is 0 Å². The first-order valence-electron chi connectivity index (χ1n) is 4.42. The average molecular weight is 279 g/mol. The van der Waals surface area contributed by atoms with Crippen molar-refractivity contribution in [1.82, 2.24) is 5.32 Å². The first kappa shape index (κ1) is 12.0. The summed E-state index contributed by atoms with van der Waals surface area (Å²) in [6.07, 6.45) is -0.332. The molecule has 1 atom stereocenters. The zero-order chi connectivity index (χ0) is 10.6. The van der Waals surface area contributed by atoms with Crippen LogP contribution in [0.5, 0.6) is 0 Å². The highest BCUT2D eigenvalue weighted by molar-refractivity contribution is 9.10. The Morgan fingerprint density at radius 1 is 1.57 bits per heavy atom. The van der Waals surface area contributed by atoms with Crippen LogP contribution in [0, 0.1) is 0 Å². The summed E-state index contributed by atoms with van der Waals surface area (Å²) in [5.41, 5.74) is 1.03. The first-order valence-corrected chi connectivity index (χ1v) is 5.59. The van der Waals surface area contributed by atoms with Crippen molar-refractivity contribution < 1.29 is 5.11 Å². The Hall–Kier alpha value is -0.0900. The molecule has 78 valence electrons. The lowest BCUT2D eigenvalue weighted by molar-refractivity contribution is 0.191. The molecular weight excluding hydrogens is 265 g/mol. The summed E-state index contributed by atoms with van der Waals surface area (Å²) in [4.78, 5) is 0. The highest BCUT2D eigenvalue weighted by Gasteiger charge is 2.01. The fourth-order valence-electron chi connectivity index (χ4n) is 1.09. The van der Waals surface area contributed by atoms with Crippen molar-refractivity contribution in [3.05, 3.63) is 33.3 Å². The highest BCUT2D eigenvalue weighted by Crippen LogP contribution is 2.20. The van der Waals surface area contributed by atoms with Gasteiger partial charge in [0.1, 0.15) is 0 Å². The van der Waals surface area contributed by atoms with Gasteiger partial charge in [0, 0.05) is 22.6 Å². The smallest absolute Gasteiger partial charge is 0.0636 e. The van der Waals surface area contributed by atoms with Crippen LogP contribution in [0.2, 0.25) is 5.02 Å². The molecule has 2 N–H and O–H groups in total. The van der Waals surface area contributed by atoms with Crippen molar-refractivity contribution in [3.63, 3.8) is 0 Å². The van der Waals surface area contributed by atoms with E-state index in [2.05, 4.69) is 21.2 Å².